The molecule has 1 amide bonds. The number of piperidine rings is 3. The third kappa shape index (κ3) is 2.49. The van der Waals surface area contributed by atoms with Gasteiger partial charge in [-0.2, -0.15) is 0 Å². The van der Waals surface area contributed by atoms with E-state index in [0.717, 1.165) is 32.0 Å². The number of benzene rings is 1. The van der Waals surface area contributed by atoms with Gasteiger partial charge in [0, 0.05) is 24.9 Å². The number of likely N-dealkylation sites (tertiary alicyclic amines) is 1. The molecule has 134 valence electrons. The molecule has 4 saturated heterocycles. The lowest BCUT2D eigenvalue weighted by atomic mass is 9.75. The molecule has 5 rings (SSSR count). The summed E-state index contributed by atoms with van der Waals surface area (Å²) in [6.45, 7) is 3.80. The van der Waals surface area contributed by atoms with E-state index in [1.54, 1.807) is 17.9 Å². The molecule has 4 fully saturated rings. The number of halogens is 2. The zero-order chi connectivity index (χ0) is 17.7. The number of carbonyl (C=O) groups is 2. The SMILES string of the molecule is CCC(=O)C(=O)N1C[C@@H](c2cccc(F)c2F)[C@@H]2[C@H]1C1CCN2CC1. The number of hydrogen-bond acceptors (Lipinski definition) is 3. The molecule has 4 nitrogen and oxygen atoms in total. The molecular weight excluding hydrogens is 326 g/mol. The van der Waals surface area contributed by atoms with Crippen molar-refractivity contribution in [2.24, 2.45) is 5.92 Å². The maximum Gasteiger partial charge on any atom is 0.290 e. The van der Waals surface area contributed by atoms with Gasteiger partial charge in [-0.3, -0.25) is 14.5 Å². The van der Waals surface area contributed by atoms with Crippen LogP contribution in [0, 0.1) is 17.6 Å². The van der Waals surface area contributed by atoms with Crippen molar-refractivity contribution in [1.82, 2.24) is 9.80 Å². The van der Waals surface area contributed by atoms with E-state index < -0.39 is 23.3 Å². The maximum absolute atomic E-state index is 14.4. The van der Waals surface area contributed by atoms with E-state index in [0.29, 0.717) is 11.5 Å². The van der Waals surface area contributed by atoms with Gasteiger partial charge in [0.15, 0.2) is 11.6 Å². The van der Waals surface area contributed by atoms with Gasteiger partial charge in [0.1, 0.15) is 0 Å². The Morgan fingerprint density at radius 2 is 1.88 bits per heavy atom. The van der Waals surface area contributed by atoms with E-state index in [4.69, 9.17) is 0 Å². The molecule has 4 aliphatic rings. The van der Waals surface area contributed by atoms with Gasteiger partial charge in [-0.05, 0) is 43.5 Å². The monoisotopic (exact) mass is 348 g/mol. The largest absolute Gasteiger partial charge is 0.331 e. The van der Waals surface area contributed by atoms with Crippen molar-refractivity contribution >= 4 is 11.7 Å². The Labute approximate surface area is 145 Å². The van der Waals surface area contributed by atoms with E-state index in [1.165, 1.54) is 6.07 Å². The molecule has 4 aliphatic heterocycles. The van der Waals surface area contributed by atoms with Gasteiger partial charge in [0.2, 0.25) is 5.78 Å². The van der Waals surface area contributed by atoms with Crippen molar-refractivity contribution in [2.75, 3.05) is 19.6 Å². The summed E-state index contributed by atoms with van der Waals surface area (Å²) in [5.41, 5.74) is 0.321. The average molecular weight is 348 g/mol. The highest BCUT2D eigenvalue weighted by atomic mass is 19.2. The molecule has 0 N–H and O–H groups in total. The fourth-order valence-electron chi connectivity index (χ4n) is 5.05. The van der Waals surface area contributed by atoms with E-state index >= 15 is 0 Å². The van der Waals surface area contributed by atoms with Crippen molar-refractivity contribution < 1.29 is 18.4 Å². The van der Waals surface area contributed by atoms with Gasteiger partial charge in [0.25, 0.3) is 5.91 Å². The van der Waals surface area contributed by atoms with Crippen LogP contribution >= 0.6 is 0 Å². The Balaban J connectivity index is 1.75. The highest BCUT2D eigenvalue weighted by molar-refractivity contribution is 6.36. The summed E-state index contributed by atoms with van der Waals surface area (Å²) in [7, 11) is 0. The number of fused-ring (bicyclic) bond motifs is 2. The van der Waals surface area contributed by atoms with Crippen LogP contribution in [0.4, 0.5) is 8.78 Å². The molecule has 0 spiro atoms. The Hall–Kier alpha value is -1.82. The zero-order valence-corrected chi connectivity index (χ0v) is 14.3. The van der Waals surface area contributed by atoms with Crippen LogP contribution in [-0.2, 0) is 9.59 Å². The number of nitrogens with zero attached hydrogens (tertiary/aromatic N) is 2. The highest BCUT2D eigenvalue weighted by Crippen LogP contribution is 2.47. The molecule has 0 unspecified atom stereocenters. The lowest BCUT2D eigenvalue weighted by Gasteiger charge is -2.51. The fraction of sp³-hybridized carbons (Fsp3) is 0.579. The standard InChI is InChI=1S/C19H22F2N2O2/c1-2-15(24)19(25)23-10-13(12-4-3-5-14(20)16(12)21)18-17(23)11-6-8-22(18)9-7-11/h3-5,11,13,17-18H,2,6-10H2,1H3/t13-,17+,18+/m0/s1. The Kier molecular flexibility index (Phi) is 4.10. The molecule has 2 bridgehead atoms. The Bertz CT molecular complexity index is 715. The molecular formula is C19H22F2N2O2. The summed E-state index contributed by atoms with van der Waals surface area (Å²) < 4.78 is 28.2. The van der Waals surface area contributed by atoms with Crippen molar-refractivity contribution in [3.63, 3.8) is 0 Å². The van der Waals surface area contributed by atoms with E-state index in [9.17, 15) is 18.4 Å². The van der Waals surface area contributed by atoms with Gasteiger partial charge < -0.3 is 4.90 Å². The topological polar surface area (TPSA) is 40.6 Å². The van der Waals surface area contributed by atoms with Crippen LogP contribution < -0.4 is 0 Å². The van der Waals surface area contributed by atoms with Gasteiger partial charge in [-0.25, -0.2) is 8.78 Å². The normalized spacial score (nSPS) is 33.4. The summed E-state index contributed by atoms with van der Waals surface area (Å²) in [4.78, 5) is 28.6. The second kappa shape index (κ2) is 6.16. The van der Waals surface area contributed by atoms with Crippen LogP contribution in [0.2, 0.25) is 0 Å². The average Bonchev–Trinajstić information content (AvgIpc) is 3.06. The molecule has 1 aromatic rings. The summed E-state index contributed by atoms with van der Waals surface area (Å²) in [6, 6.07) is 4.14. The number of amides is 1. The first-order chi connectivity index (χ1) is 12.0. The molecule has 1 aromatic carbocycles. The smallest absolute Gasteiger partial charge is 0.290 e. The van der Waals surface area contributed by atoms with Crippen molar-refractivity contribution in [2.45, 2.75) is 44.2 Å². The van der Waals surface area contributed by atoms with Crippen LogP contribution in [0.15, 0.2) is 18.2 Å². The molecule has 25 heavy (non-hydrogen) atoms. The first-order valence-corrected chi connectivity index (χ1v) is 9.04. The van der Waals surface area contributed by atoms with E-state index in [2.05, 4.69) is 4.90 Å². The van der Waals surface area contributed by atoms with Crippen LogP contribution in [0.1, 0.15) is 37.7 Å². The number of rotatable bonds is 3. The summed E-state index contributed by atoms with van der Waals surface area (Å²) in [5.74, 6) is -2.52. The second-order valence-electron chi connectivity index (χ2n) is 7.34. The summed E-state index contributed by atoms with van der Waals surface area (Å²) in [6.07, 6.45) is 2.15. The van der Waals surface area contributed by atoms with Crippen molar-refractivity contribution in [3.8, 4) is 0 Å². The minimum Gasteiger partial charge on any atom is -0.331 e. The Morgan fingerprint density at radius 3 is 2.56 bits per heavy atom. The summed E-state index contributed by atoms with van der Waals surface area (Å²) >= 11 is 0. The fourth-order valence-corrected chi connectivity index (χ4v) is 5.05. The quantitative estimate of drug-likeness (QED) is 0.788. The van der Waals surface area contributed by atoms with Gasteiger partial charge in [0.05, 0.1) is 6.04 Å². The van der Waals surface area contributed by atoms with Crippen LogP contribution in [0.25, 0.3) is 0 Å². The zero-order valence-electron chi connectivity index (χ0n) is 14.3. The predicted octanol–water partition coefficient (Wildman–Crippen LogP) is 2.33. The van der Waals surface area contributed by atoms with Crippen LogP contribution in [0.3, 0.4) is 0 Å². The van der Waals surface area contributed by atoms with Gasteiger partial charge >= 0.3 is 0 Å². The first-order valence-electron chi connectivity index (χ1n) is 9.04. The lowest BCUT2D eigenvalue weighted by molar-refractivity contribution is -0.147. The molecule has 3 atom stereocenters. The maximum atomic E-state index is 14.4. The second-order valence-corrected chi connectivity index (χ2v) is 7.34. The Morgan fingerprint density at radius 1 is 1.16 bits per heavy atom. The minimum atomic E-state index is -0.862. The molecule has 0 radical (unpaired) electrons. The highest BCUT2D eigenvalue weighted by Gasteiger charge is 2.55. The van der Waals surface area contributed by atoms with Gasteiger partial charge in [-0.15, -0.1) is 0 Å². The molecule has 0 saturated carbocycles. The number of carbonyl (C=O) groups excluding carboxylic acids is 2. The van der Waals surface area contributed by atoms with Crippen molar-refractivity contribution in [1.29, 1.82) is 0 Å². The molecule has 4 heterocycles. The van der Waals surface area contributed by atoms with Crippen molar-refractivity contribution in [3.05, 3.63) is 35.4 Å². The van der Waals surface area contributed by atoms with Crippen LogP contribution in [0.5, 0.6) is 0 Å². The molecule has 0 aromatic heterocycles. The predicted molar refractivity (Wildman–Crippen MR) is 88.0 cm³/mol. The van der Waals surface area contributed by atoms with E-state index in [1.807, 2.05) is 0 Å². The number of hydrogen-bond donors (Lipinski definition) is 0. The third-order valence-electron chi connectivity index (χ3n) is 6.20. The lowest BCUT2D eigenvalue weighted by Crippen LogP contribution is -2.61. The van der Waals surface area contributed by atoms with Gasteiger partial charge in [-0.1, -0.05) is 19.1 Å². The van der Waals surface area contributed by atoms with E-state index in [-0.39, 0.29) is 31.0 Å². The third-order valence-corrected chi connectivity index (χ3v) is 6.20. The number of Topliss-reactive ketones (excluding diaryl/α,β-unsaturated/α-hetero) is 1. The first kappa shape index (κ1) is 16.6. The summed E-state index contributed by atoms with van der Waals surface area (Å²) in [5, 5.41) is 0. The minimum absolute atomic E-state index is 0.0302. The van der Waals surface area contributed by atoms with Crippen LogP contribution in [-0.4, -0.2) is 53.2 Å². The molecule has 6 heteroatoms. The molecule has 0 aliphatic carbocycles. The number of ketones is 1.